The van der Waals surface area contributed by atoms with Crippen LogP contribution in [0.2, 0.25) is 0 Å². The molecule has 1 heterocycles. The zero-order chi connectivity index (χ0) is 11.9. The van der Waals surface area contributed by atoms with E-state index in [0.29, 0.717) is 17.4 Å². The molecule has 90 valence electrons. The lowest BCUT2D eigenvalue weighted by Gasteiger charge is -2.47. The van der Waals surface area contributed by atoms with E-state index < -0.39 is 0 Å². The number of carbonyl (C=O) groups excluding carboxylic acids is 1. The van der Waals surface area contributed by atoms with Gasteiger partial charge in [0.1, 0.15) is 6.10 Å². The molecule has 0 aromatic carbocycles. The van der Waals surface area contributed by atoms with Crippen molar-refractivity contribution in [3.63, 3.8) is 0 Å². The van der Waals surface area contributed by atoms with Gasteiger partial charge in [-0.05, 0) is 37.5 Å². The van der Waals surface area contributed by atoms with E-state index in [2.05, 4.69) is 27.4 Å². The van der Waals surface area contributed by atoms with Crippen LogP contribution in [-0.2, 0) is 9.53 Å². The van der Waals surface area contributed by atoms with E-state index in [1.165, 1.54) is 6.42 Å². The molecule has 0 aromatic heterocycles. The lowest BCUT2D eigenvalue weighted by atomic mass is 9.63. The molecule has 0 spiro atoms. The monoisotopic (exact) mass is 222 g/mol. The Hall–Kier alpha value is -0.790. The summed E-state index contributed by atoms with van der Waals surface area (Å²) in [6, 6.07) is 0. The van der Waals surface area contributed by atoms with Gasteiger partial charge < -0.3 is 4.74 Å². The van der Waals surface area contributed by atoms with Crippen molar-refractivity contribution in [1.82, 2.24) is 0 Å². The maximum Gasteiger partial charge on any atom is 0.333 e. The van der Waals surface area contributed by atoms with Gasteiger partial charge in [-0.2, -0.15) is 0 Å². The summed E-state index contributed by atoms with van der Waals surface area (Å²) in [6.07, 6.45) is 4.39. The Morgan fingerprint density at radius 2 is 2.19 bits per heavy atom. The quantitative estimate of drug-likeness (QED) is 0.502. The molecule has 0 N–H and O–H groups in total. The van der Waals surface area contributed by atoms with Crippen LogP contribution in [0.1, 0.15) is 46.5 Å². The first kappa shape index (κ1) is 11.7. The summed E-state index contributed by atoms with van der Waals surface area (Å²) in [5.74, 6) is 1.22. The predicted molar refractivity (Wildman–Crippen MR) is 63.9 cm³/mol. The lowest BCUT2D eigenvalue weighted by molar-refractivity contribution is -0.164. The number of fused-ring (bicyclic) bond motifs is 1. The fraction of sp³-hybridized carbons (Fsp3) is 0.786. The summed E-state index contributed by atoms with van der Waals surface area (Å²) in [6.45, 7) is 10.6. The van der Waals surface area contributed by atoms with Crippen molar-refractivity contribution in [3.05, 3.63) is 12.2 Å². The first-order valence-electron chi connectivity index (χ1n) is 6.31. The third-order valence-corrected chi connectivity index (χ3v) is 4.48. The molecule has 3 atom stereocenters. The third kappa shape index (κ3) is 1.90. The number of rotatable bonds is 1. The average Bonchev–Trinajstić information content (AvgIpc) is 2.19. The molecular weight excluding hydrogens is 200 g/mol. The van der Waals surface area contributed by atoms with Crippen molar-refractivity contribution in [3.8, 4) is 0 Å². The number of ether oxygens (including phenoxy) is 1. The molecule has 2 aliphatic rings. The largest absolute Gasteiger partial charge is 0.458 e. The van der Waals surface area contributed by atoms with Gasteiger partial charge in [-0.3, -0.25) is 0 Å². The first-order valence-corrected chi connectivity index (χ1v) is 6.31. The number of hydrogen-bond acceptors (Lipinski definition) is 2. The molecule has 2 fully saturated rings. The van der Waals surface area contributed by atoms with Gasteiger partial charge in [-0.1, -0.05) is 27.4 Å². The Morgan fingerprint density at radius 1 is 1.50 bits per heavy atom. The van der Waals surface area contributed by atoms with Gasteiger partial charge in [0.15, 0.2) is 0 Å². The van der Waals surface area contributed by atoms with Crippen LogP contribution in [0, 0.1) is 17.3 Å². The summed E-state index contributed by atoms with van der Waals surface area (Å²) in [5.41, 5.74) is 0.804. The maximum absolute atomic E-state index is 11.5. The average molecular weight is 222 g/mol. The molecule has 16 heavy (non-hydrogen) atoms. The molecule has 2 nitrogen and oxygen atoms in total. The molecule has 1 saturated carbocycles. The summed E-state index contributed by atoms with van der Waals surface area (Å²) in [5, 5.41) is 0. The fourth-order valence-corrected chi connectivity index (χ4v) is 3.12. The van der Waals surface area contributed by atoms with Crippen LogP contribution in [0.15, 0.2) is 12.2 Å². The molecular formula is C14H22O2. The first-order chi connectivity index (χ1) is 7.42. The predicted octanol–water partition coefficient (Wildman–Crippen LogP) is 3.32. The SMILES string of the molecule is C=C1C[C@]2(C)CC[C@H](C(C)C)C[C@@H]2OC1=O. The summed E-state index contributed by atoms with van der Waals surface area (Å²) >= 11 is 0. The van der Waals surface area contributed by atoms with Crippen LogP contribution < -0.4 is 0 Å². The highest BCUT2D eigenvalue weighted by Crippen LogP contribution is 2.48. The standard InChI is InChI=1S/C14H22O2/c1-9(2)11-5-6-14(4)8-10(3)13(15)16-12(14)7-11/h9,11-12H,3,5-8H2,1-2,4H3/t11-,12-,14-/m0/s1. The van der Waals surface area contributed by atoms with Crippen molar-refractivity contribution < 1.29 is 9.53 Å². The van der Waals surface area contributed by atoms with Crippen molar-refractivity contribution in [1.29, 1.82) is 0 Å². The number of esters is 1. The van der Waals surface area contributed by atoms with Crippen molar-refractivity contribution in [2.24, 2.45) is 17.3 Å². The van der Waals surface area contributed by atoms with E-state index in [-0.39, 0.29) is 17.5 Å². The minimum Gasteiger partial charge on any atom is -0.458 e. The van der Waals surface area contributed by atoms with Gasteiger partial charge in [-0.15, -0.1) is 0 Å². The Kier molecular flexibility index (Phi) is 2.85. The lowest BCUT2D eigenvalue weighted by Crippen LogP contribution is -2.46. The molecule has 0 unspecified atom stereocenters. The number of hydrogen-bond donors (Lipinski definition) is 0. The van der Waals surface area contributed by atoms with Crippen LogP contribution >= 0.6 is 0 Å². The Bertz CT molecular complexity index is 319. The zero-order valence-electron chi connectivity index (χ0n) is 10.6. The van der Waals surface area contributed by atoms with E-state index in [4.69, 9.17) is 4.74 Å². The van der Waals surface area contributed by atoms with Crippen molar-refractivity contribution in [2.45, 2.75) is 52.6 Å². The van der Waals surface area contributed by atoms with Gasteiger partial charge in [-0.25, -0.2) is 4.79 Å². The van der Waals surface area contributed by atoms with Gasteiger partial charge in [0.05, 0.1) is 0 Å². The highest BCUT2D eigenvalue weighted by molar-refractivity contribution is 5.88. The minimum atomic E-state index is -0.174. The normalized spacial score (nSPS) is 39.5. The molecule has 2 heteroatoms. The molecule has 0 aromatic rings. The van der Waals surface area contributed by atoms with Crippen LogP contribution in [0.4, 0.5) is 0 Å². The van der Waals surface area contributed by atoms with E-state index in [0.717, 1.165) is 19.3 Å². The van der Waals surface area contributed by atoms with Crippen LogP contribution in [0.25, 0.3) is 0 Å². The third-order valence-electron chi connectivity index (χ3n) is 4.48. The van der Waals surface area contributed by atoms with E-state index in [1.54, 1.807) is 0 Å². The molecule has 1 saturated heterocycles. The highest BCUT2D eigenvalue weighted by atomic mass is 16.5. The van der Waals surface area contributed by atoms with Crippen LogP contribution in [0.3, 0.4) is 0 Å². The van der Waals surface area contributed by atoms with E-state index >= 15 is 0 Å². The molecule has 2 rings (SSSR count). The van der Waals surface area contributed by atoms with Gasteiger partial charge in [0.25, 0.3) is 0 Å². The fourth-order valence-electron chi connectivity index (χ4n) is 3.12. The van der Waals surface area contributed by atoms with Crippen LogP contribution in [0.5, 0.6) is 0 Å². The number of carbonyl (C=O) groups is 1. The molecule has 1 aliphatic carbocycles. The Morgan fingerprint density at radius 3 is 2.81 bits per heavy atom. The van der Waals surface area contributed by atoms with Gasteiger partial charge in [0, 0.05) is 11.0 Å². The summed E-state index contributed by atoms with van der Waals surface area (Å²) in [4.78, 5) is 11.5. The second-order valence-corrected chi connectivity index (χ2v) is 6.11. The maximum atomic E-state index is 11.5. The Labute approximate surface area is 98.1 Å². The molecule has 0 bridgehead atoms. The summed E-state index contributed by atoms with van der Waals surface area (Å²) in [7, 11) is 0. The Balaban J connectivity index is 2.13. The second-order valence-electron chi connectivity index (χ2n) is 6.11. The smallest absolute Gasteiger partial charge is 0.333 e. The van der Waals surface area contributed by atoms with Crippen LogP contribution in [-0.4, -0.2) is 12.1 Å². The molecule has 0 amide bonds. The zero-order valence-corrected chi connectivity index (χ0v) is 10.6. The molecule has 1 aliphatic heterocycles. The second kappa shape index (κ2) is 3.90. The van der Waals surface area contributed by atoms with E-state index in [1.807, 2.05) is 0 Å². The van der Waals surface area contributed by atoms with Gasteiger partial charge in [0.2, 0.25) is 0 Å². The van der Waals surface area contributed by atoms with Crippen molar-refractivity contribution >= 4 is 5.97 Å². The van der Waals surface area contributed by atoms with E-state index in [9.17, 15) is 4.79 Å². The van der Waals surface area contributed by atoms with Crippen molar-refractivity contribution in [2.75, 3.05) is 0 Å². The highest BCUT2D eigenvalue weighted by Gasteiger charge is 2.46. The molecule has 0 radical (unpaired) electrons. The van der Waals surface area contributed by atoms with Gasteiger partial charge >= 0.3 is 5.97 Å². The topological polar surface area (TPSA) is 26.3 Å². The minimum absolute atomic E-state index is 0.117. The summed E-state index contributed by atoms with van der Waals surface area (Å²) < 4.78 is 5.55.